The highest BCUT2D eigenvalue weighted by Crippen LogP contribution is 2.28. The third-order valence-corrected chi connectivity index (χ3v) is 5.29. The molecule has 3 heterocycles. The first-order valence-corrected chi connectivity index (χ1v) is 9.45. The summed E-state index contributed by atoms with van der Waals surface area (Å²) in [6.07, 6.45) is 3.93. The van der Waals surface area contributed by atoms with Crippen molar-refractivity contribution in [2.24, 2.45) is 0 Å². The second-order valence-electron chi connectivity index (χ2n) is 6.12. The van der Waals surface area contributed by atoms with Gasteiger partial charge in [0, 0.05) is 12.2 Å². The maximum Gasteiger partial charge on any atom is 0.291 e. The number of carbonyl (C=O) groups is 1. The van der Waals surface area contributed by atoms with Gasteiger partial charge in [-0.25, -0.2) is 9.97 Å². The third kappa shape index (κ3) is 3.83. The fourth-order valence-electron chi connectivity index (χ4n) is 2.78. The maximum absolute atomic E-state index is 12.0. The number of furan rings is 1. The number of fused-ring (bicyclic) bond motifs is 1. The summed E-state index contributed by atoms with van der Waals surface area (Å²) in [6.45, 7) is 2.82. The van der Waals surface area contributed by atoms with Crippen LogP contribution in [-0.2, 0) is 6.42 Å². The molecule has 3 aromatic heterocycles. The molecule has 1 amide bonds. The average molecular weight is 378 g/mol. The SMILES string of the molecule is Cc1csc2c(NCCc3ccc(NC(=O)c4ccco4)cc3)ncnc12. The standard InChI is InChI=1S/C20H18N4O2S/c1-13-11-27-18-17(13)22-12-23-19(18)21-9-8-14-4-6-15(7-5-14)24-20(25)16-3-2-10-26-16/h2-7,10-12H,8-9H2,1H3,(H,24,25)(H,21,22,23). The lowest BCUT2D eigenvalue weighted by atomic mass is 10.1. The van der Waals surface area contributed by atoms with Gasteiger partial charge in [-0.05, 0) is 54.1 Å². The summed E-state index contributed by atoms with van der Waals surface area (Å²) in [4.78, 5) is 20.7. The predicted octanol–water partition coefficient (Wildman–Crippen LogP) is 4.50. The van der Waals surface area contributed by atoms with Gasteiger partial charge in [-0.15, -0.1) is 11.3 Å². The van der Waals surface area contributed by atoms with E-state index in [9.17, 15) is 4.79 Å². The minimum Gasteiger partial charge on any atom is -0.459 e. The molecule has 0 unspecified atom stereocenters. The molecule has 0 aliphatic heterocycles. The summed E-state index contributed by atoms with van der Waals surface area (Å²) < 4.78 is 6.18. The van der Waals surface area contributed by atoms with Crippen molar-refractivity contribution in [2.75, 3.05) is 17.2 Å². The van der Waals surface area contributed by atoms with Gasteiger partial charge < -0.3 is 15.1 Å². The highest BCUT2D eigenvalue weighted by molar-refractivity contribution is 7.18. The normalized spacial score (nSPS) is 10.9. The Bertz CT molecular complexity index is 1060. The van der Waals surface area contributed by atoms with Gasteiger partial charge in [0.2, 0.25) is 0 Å². The van der Waals surface area contributed by atoms with Crippen LogP contribution in [0.4, 0.5) is 11.5 Å². The van der Waals surface area contributed by atoms with E-state index in [-0.39, 0.29) is 5.91 Å². The van der Waals surface area contributed by atoms with Crippen molar-refractivity contribution in [3.8, 4) is 0 Å². The molecule has 0 fully saturated rings. The molecule has 2 N–H and O–H groups in total. The highest BCUT2D eigenvalue weighted by Gasteiger charge is 2.09. The second kappa shape index (κ2) is 7.59. The average Bonchev–Trinajstić information content (AvgIpc) is 3.34. The van der Waals surface area contributed by atoms with E-state index in [1.165, 1.54) is 17.4 Å². The van der Waals surface area contributed by atoms with Gasteiger partial charge in [0.1, 0.15) is 12.1 Å². The van der Waals surface area contributed by atoms with Crippen LogP contribution >= 0.6 is 11.3 Å². The monoisotopic (exact) mass is 378 g/mol. The van der Waals surface area contributed by atoms with Gasteiger partial charge in [-0.2, -0.15) is 0 Å². The summed E-state index contributed by atoms with van der Waals surface area (Å²) in [6, 6.07) is 11.1. The van der Waals surface area contributed by atoms with E-state index in [4.69, 9.17) is 4.42 Å². The molecule has 1 aromatic carbocycles. The summed E-state index contributed by atoms with van der Waals surface area (Å²) in [5, 5.41) is 8.30. The van der Waals surface area contributed by atoms with Gasteiger partial charge in [-0.3, -0.25) is 4.79 Å². The van der Waals surface area contributed by atoms with Crippen LogP contribution in [0.3, 0.4) is 0 Å². The molecular weight excluding hydrogens is 360 g/mol. The van der Waals surface area contributed by atoms with Crippen molar-refractivity contribution in [1.29, 1.82) is 0 Å². The molecule has 0 saturated heterocycles. The number of amides is 1. The molecular formula is C20H18N4O2S. The molecule has 0 aliphatic rings. The molecule has 0 spiro atoms. The van der Waals surface area contributed by atoms with Crippen molar-refractivity contribution in [2.45, 2.75) is 13.3 Å². The van der Waals surface area contributed by atoms with Crippen molar-refractivity contribution >= 4 is 39.0 Å². The second-order valence-corrected chi connectivity index (χ2v) is 7.00. The van der Waals surface area contributed by atoms with Crippen LogP contribution < -0.4 is 10.6 Å². The number of rotatable bonds is 6. The molecule has 0 atom stereocenters. The predicted molar refractivity (Wildman–Crippen MR) is 107 cm³/mol. The molecule has 0 radical (unpaired) electrons. The van der Waals surface area contributed by atoms with E-state index in [1.807, 2.05) is 24.3 Å². The van der Waals surface area contributed by atoms with E-state index in [2.05, 4.69) is 32.9 Å². The Morgan fingerprint density at radius 3 is 2.81 bits per heavy atom. The Balaban J connectivity index is 1.34. The van der Waals surface area contributed by atoms with Gasteiger partial charge in [0.25, 0.3) is 5.91 Å². The van der Waals surface area contributed by atoms with Crippen LogP contribution in [0.15, 0.2) is 58.8 Å². The zero-order chi connectivity index (χ0) is 18.6. The van der Waals surface area contributed by atoms with Crippen LogP contribution in [0.25, 0.3) is 10.2 Å². The smallest absolute Gasteiger partial charge is 0.291 e. The first kappa shape index (κ1) is 17.2. The topological polar surface area (TPSA) is 80.0 Å². The van der Waals surface area contributed by atoms with Gasteiger partial charge in [0.15, 0.2) is 5.76 Å². The zero-order valence-corrected chi connectivity index (χ0v) is 15.5. The van der Waals surface area contributed by atoms with Crippen molar-refractivity contribution in [1.82, 2.24) is 9.97 Å². The lowest BCUT2D eigenvalue weighted by Gasteiger charge is -2.08. The van der Waals surface area contributed by atoms with Gasteiger partial charge in [-0.1, -0.05) is 12.1 Å². The minimum absolute atomic E-state index is 0.256. The Kier molecular flexibility index (Phi) is 4.84. The number of benzene rings is 1. The highest BCUT2D eigenvalue weighted by atomic mass is 32.1. The Morgan fingerprint density at radius 1 is 1.19 bits per heavy atom. The molecule has 0 aliphatic carbocycles. The minimum atomic E-state index is -0.256. The van der Waals surface area contributed by atoms with E-state index < -0.39 is 0 Å². The maximum atomic E-state index is 12.0. The number of nitrogens with zero attached hydrogens (tertiary/aromatic N) is 2. The van der Waals surface area contributed by atoms with E-state index >= 15 is 0 Å². The number of aromatic nitrogens is 2. The summed E-state index contributed by atoms with van der Waals surface area (Å²) in [7, 11) is 0. The van der Waals surface area contributed by atoms with E-state index in [0.717, 1.165) is 34.7 Å². The molecule has 0 saturated carbocycles. The molecule has 27 heavy (non-hydrogen) atoms. The van der Waals surface area contributed by atoms with E-state index in [0.29, 0.717) is 5.76 Å². The van der Waals surface area contributed by atoms with Crippen molar-refractivity contribution < 1.29 is 9.21 Å². The lowest BCUT2D eigenvalue weighted by molar-refractivity contribution is 0.0996. The first-order chi connectivity index (χ1) is 13.2. The zero-order valence-electron chi connectivity index (χ0n) is 14.7. The first-order valence-electron chi connectivity index (χ1n) is 8.57. The number of nitrogens with one attached hydrogen (secondary N) is 2. The molecule has 136 valence electrons. The number of thiophene rings is 1. The van der Waals surface area contributed by atoms with Crippen molar-refractivity contribution in [3.63, 3.8) is 0 Å². The molecule has 7 heteroatoms. The number of carbonyl (C=O) groups excluding carboxylic acids is 1. The van der Waals surface area contributed by atoms with Crippen molar-refractivity contribution in [3.05, 3.63) is 71.3 Å². The number of aryl methyl sites for hydroxylation is 1. The summed E-state index contributed by atoms with van der Waals surface area (Å²) in [5.41, 5.74) is 4.09. The van der Waals surface area contributed by atoms with E-state index in [1.54, 1.807) is 29.8 Å². The molecule has 4 rings (SSSR count). The molecule has 0 bridgehead atoms. The number of anilines is 2. The lowest BCUT2D eigenvalue weighted by Crippen LogP contribution is -2.11. The molecule has 4 aromatic rings. The Labute approximate surface area is 160 Å². The molecule has 6 nitrogen and oxygen atoms in total. The van der Waals surface area contributed by atoms with Crippen LogP contribution in [0, 0.1) is 6.92 Å². The Morgan fingerprint density at radius 2 is 2.04 bits per heavy atom. The number of hydrogen-bond donors (Lipinski definition) is 2. The largest absolute Gasteiger partial charge is 0.459 e. The quantitative estimate of drug-likeness (QED) is 0.516. The fourth-order valence-corrected chi connectivity index (χ4v) is 3.74. The van der Waals surface area contributed by atoms with Crippen LogP contribution in [-0.4, -0.2) is 22.4 Å². The summed E-state index contributed by atoms with van der Waals surface area (Å²) in [5.74, 6) is 0.914. The fraction of sp³-hybridized carbons (Fsp3) is 0.150. The van der Waals surface area contributed by atoms with Crippen LogP contribution in [0.2, 0.25) is 0 Å². The summed E-state index contributed by atoms with van der Waals surface area (Å²) >= 11 is 1.66. The van der Waals surface area contributed by atoms with Crippen LogP contribution in [0.1, 0.15) is 21.7 Å². The van der Waals surface area contributed by atoms with Crippen LogP contribution in [0.5, 0.6) is 0 Å². The van der Waals surface area contributed by atoms with Gasteiger partial charge >= 0.3 is 0 Å². The third-order valence-electron chi connectivity index (χ3n) is 4.19. The number of hydrogen-bond acceptors (Lipinski definition) is 6. The van der Waals surface area contributed by atoms with Gasteiger partial charge in [0.05, 0.1) is 16.5 Å². The Hall–Kier alpha value is -3.19.